The first kappa shape index (κ1) is 134. The molecule has 0 amide bonds. The van der Waals surface area contributed by atoms with E-state index in [1.165, 1.54) is 193 Å². The van der Waals surface area contributed by atoms with Gasteiger partial charge < -0.3 is 33.2 Å². The second-order valence-electron chi connectivity index (χ2n) is 44.7. The summed E-state index contributed by atoms with van der Waals surface area (Å²) in [6.07, 6.45) is 48.0. The van der Waals surface area contributed by atoms with E-state index in [1.807, 2.05) is 118 Å². The Hall–Kier alpha value is -3.22. The monoisotopic (exact) mass is 1770 g/mol. The fraction of sp³-hybridized carbons (Fsp3) is 0.946. The molecule has 6 atom stereocenters. The smallest absolute Gasteiger partial charge is 0.313 e. The number of carbonyl (C=O) groups excluding carboxylic acids is 6. The van der Waals surface area contributed by atoms with Crippen LogP contribution >= 0.6 is 0 Å². The number of ether oxygens (including phenoxy) is 7. The molecule has 13 nitrogen and oxygen atoms in total. The van der Waals surface area contributed by atoms with E-state index in [2.05, 4.69) is 76.2 Å². The Labute approximate surface area is 776 Å². The fourth-order valence-corrected chi connectivity index (χ4v) is 21.9. The van der Waals surface area contributed by atoms with E-state index in [0.717, 1.165) is 100 Å². The summed E-state index contributed by atoms with van der Waals surface area (Å²) in [5.74, 6) is 6.16. The van der Waals surface area contributed by atoms with Gasteiger partial charge in [-0.1, -0.05) is 216 Å². The van der Waals surface area contributed by atoms with E-state index in [-0.39, 0.29) is 191 Å². The summed E-state index contributed by atoms with van der Waals surface area (Å²) in [6, 6.07) is 0. The Kier molecular flexibility index (Phi) is 58.4. The summed E-state index contributed by atoms with van der Waals surface area (Å²) < 4.78 is 41.6. The average molecular weight is 1770 g/mol. The number of hydrogen-bond donors (Lipinski definition) is 0. The molecule has 124 heavy (non-hydrogen) atoms. The first-order chi connectivity index (χ1) is 51.8. The Morgan fingerprint density at radius 2 is 0.629 bits per heavy atom. The second-order valence-corrected chi connectivity index (χ2v) is 44.7. The Bertz CT molecular complexity index is 2930. The first-order valence-corrected chi connectivity index (χ1v) is 46.9. The van der Waals surface area contributed by atoms with Crippen LogP contribution in [0.25, 0.3) is 0 Å². The second kappa shape index (κ2) is 54.1. The van der Waals surface area contributed by atoms with E-state index < -0.39 is 11.7 Å². The third-order valence-electron chi connectivity index (χ3n) is 32.7. The number of rotatable bonds is 23. The molecule has 12 fully saturated rings. The molecule has 13 heteroatoms. The van der Waals surface area contributed by atoms with Crippen LogP contribution in [0.4, 0.5) is 0 Å². The van der Waals surface area contributed by atoms with Gasteiger partial charge >= 0.3 is 35.8 Å². The molecule has 1 spiro atoms. The number of hydrogen-bond acceptors (Lipinski definition) is 13. The summed E-state index contributed by atoms with van der Waals surface area (Å²) >= 11 is 0. The van der Waals surface area contributed by atoms with Crippen molar-refractivity contribution in [3.63, 3.8) is 0 Å². The molecule has 6 unspecified atom stereocenters. The highest BCUT2D eigenvalue weighted by atomic mass is 16.7. The molecule has 12 rings (SSSR count). The number of esters is 6. The zero-order valence-electron chi connectivity index (χ0n) is 78.1. The lowest BCUT2D eigenvalue weighted by molar-refractivity contribution is -0.248. The molecule has 12 aliphatic carbocycles. The van der Waals surface area contributed by atoms with Crippen LogP contribution in [0, 0.1) is 96.6 Å². The van der Waals surface area contributed by atoms with Crippen LogP contribution in [0.2, 0.25) is 0 Å². The summed E-state index contributed by atoms with van der Waals surface area (Å²) in [6.45, 7) is 58.0. The highest BCUT2D eigenvalue weighted by molar-refractivity contribution is 5.78. The molecular formula is C111H224O13. The van der Waals surface area contributed by atoms with Crippen molar-refractivity contribution in [3.05, 3.63) is 0 Å². The molecule has 0 saturated heterocycles. The molecule has 0 aromatic heterocycles. The average Bonchev–Trinajstić information content (AvgIpc) is 1.53. The zero-order valence-corrected chi connectivity index (χ0v) is 78.1. The molecule has 0 aromatic rings. The third-order valence-corrected chi connectivity index (χ3v) is 32.7. The van der Waals surface area contributed by atoms with Gasteiger partial charge in [-0.05, 0) is 389 Å². The lowest BCUT2D eigenvalue weighted by Crippen LogP contribution is -2.53. The normalized spacial score (nSPS) is 26.5. The lowest BCUT2D eigenvalue weighted by atomic mass is 9.54. The van der Waals surface area contributed by atoms with Crippen LogP contribution in [-0.2, 0) is 61.9 Å². The number of carbonyl (C=O) groups is 6. The lowest BCUT2D eigenvalue weighted by Gasteiger charge is -2.56. The van der Waals surface area contributed by atoms with Crippen molar-refractivity contribution in [3.8, 4) is 0 Å². The van der Waals surface area contributed by atoms with Gasteiger partial charge in [-0.2, -0.15) is 0 Å². The fourth-order valence-electron chi connectivity index (χ4n) is 21.9. The van der Waals surface area contributed by atoms with Gasteiger partial charge in [0.05, 0.1) is 38.1 Å². The number of fused-ring (bicyclic) bond motifs is 1. The van der Waals surface area contributed by atoms with Gasteiger partial charge in [-0.25, -0.2) is 0 Å². The van der Waals surface area contributed by atoms with Gasteiger partial charge in [-0.15, -0.1) is 0 Å². The highest BCUT2D eigenvalue weighted by Gasteiger charge is 2.69. The van der Waals surface area contributed by atoms with Crippen LogP contribution in [0.1, 0.15) is 546 Å². The molecular weight excluding hydrogens is 1540 g/mol. The molecule has 746 valence electrons. The first-order valence-electron chi connectivity index (χ1n) is 46.9. The van der Waals surface area contributed by atoms with Crippen molar-refractivity contribution in [2.75, 3.05) is 0 Å². The summed E-state index contributed by atoms with van der Waals surface area (Å²) in [7, 11) is 0. The molecule has 6 bridgehead atoms. The van der Waals surface area contributed by atoms with Crippen molar-refractivity contribution in [2.45, 2.75) is 586 Å². The largest absolute Gasteiger partial charge is 0.459 e. The van der Waals surface area contributed by atoms with Crippen molar-refractivity contribution >= 4 is 35.8 Å². The predicted octanol–water partition coefficient (Wildman–Crippen LogP) is 34.7. The maximum Gasteiger partial charge on any atom is 0.313 e. The molecule has 0 aromatic carbocycles. The molecule has 0 aliphatic heterocycles. The quantitative estimate of drug-likeness (QED) is 0.0539. The molecule has 12 aliphatic rings. The van der Waals surface area contributed by atoms with E-state index in [4.69, 9.17) is 33.2 Å². The standard InChI is InChI=1S/C21H36O2.C20H36O2.C18H30O3.C15H28O2.C13H24O2.C12H22O2.12CH4/c1-8-18(3,4)17(22)23-20(7)11-12-21-13-16(20)19(5,6)15(21)10-9-14(21)2;1-5-19(2,3)18(21)22-20(4,16-12-8-6-9-13-16)17-14-10-7-11-15-17;1-5-17(3,4)16(19)20-12(2)21-18-9-13-6-14(10-18)8-15(7-13)11-18;1-6-14(2,3)13(16)17-15(4,5)12-10-8-7-9-11-12;1-5-12(2,3)11(14)15-13(4)9-7-6-8-10-13;1-5-11(2,3)10(13)14-12(4)8-6-7-9-12;;;;;;;;;;;;/h14-16H,8-13H2,1-7H3;16-17H,5-15H2,1-4H3;12-15H,5-11H2,1-4H3;12H,6-11H2,1-5H3;5-10H2,1-4H3;5-9H2,1-4H3;12*1H4. The predicted molar refractivity (Wildman–Crippen MR) is 538 cm³/mol. The van der Waals surface area contributed by atoms with Gasteiger partial charge in [0.2, 0.25) is 6.29 Å². The molecule has 0 heterocycles. The summed E-state index contributed by atoms with van der Waals surface area (Å²) in [4.78, 5) is 73.6. The zero-order chi connectivity index (χ0) is 84.2. The van der Waals surface area contributed by atoms with Crippen LogP contribution in [-0.4, -0.2) is 75.7 Å². The maximum absolute atomic E-state index is 12.8. The Morgan fingerprint density at radius 1 is 0.331 bits per heavy atom. The van der Waals surface area contributed by atoms with E-state index in [9.17, 15) is 28.8 Å². The summed E-state index contributed by atoms with van der Waals surface area (Å²) in [5, 5.41) is 0. The Morgan fingerprint density at radius 3 is 0.976 bits per heavy atom. The molecule has 0 radical (unpaired) electrons. The molecule has 0 N–H and O–H groups in total. The minimum absolute atomic E-state index is 0. The van der Waals surface area contributed by atoms with Gasteiger partial charge in [0, 0.05) is 5.92 Å². The minimum atomic E-state index is -0.418. The van der Waals surface area contributed by atoms with Crippen LogP contribution in [0.5, 0.6) is 0 Å². The van der Waals surface area contributed by atoms with E-state index >= 15 is 0 Å². The van der Waals surface area contributed by atoms with Gasteiger partial charge in [0.15, 0.2) is 0 Å². The highest BCUT2D eigenvalue weighted by Crippen LogP contribution is 2.74. The van der Waals surface area contributed by atoms with Crippen molar-refractivity contribution in [1.82, 2.24) is 0 Å². The SMILES string of the molecule is C.C.C.C.C.C.C.C.C.C.C.C.CCC(C)(C)C(=O)OC(C)(C)C1CCCCC1.CCC(C)(C)C(=O)OC(C)(C1CCCCC1)C1CCCCC1.CCC(C)(C)C(=O)OC(C)OC12CC3CC(CC(C3)C1)C2.CCC(C)(C)C(=O)OC1(C)CCC23CC1C(C)(C)C2CCC3C.CCC(C)(C)C(=O)OC1(C)CCCC1.CCC(C)(C)C(=O)OC1(C)CCCCC1. The summed E-state index contributed by atoms with van der Waals surface area (Å²) in [5.41, 5.74) is -2.52. The van der Waals surface area contributed by atoms with Crippen LogP contribution in [0.3, 0.4) is 0 Å². The van der Waals surface area contributed by atoms with Crippen LogP contribution in [0.15, 0.2) is 0 Å². The van der Waals surface area contributed by atoms with Crippen molar-refractivity contribution in [1.29, 1.82) is 0 Å². The van der Waals surface area contributed by atoms with E-state index in [0.29, 0.717) is 29.1 Å². The minimum Gasteiger partial charge on any atom is -0.459 e. The van der Waals surface area contributed by atoms with Gasteiger partial charge in [-0.3, -0.25) is 28.8 Å². The van der Waals surface area contributed by atoms with Gasteiger partial charge in [0.1, 0.15) is 28.0 Å². The van der Waals surface area contributed by atoms with Crippen LogP contribution < -0.4 is 0 Å². The maximum atomic E-state index is 12.8. The third kappa shape index (κ3) is 34.1. The topological polar surface area (TPSA) is 167 Å². The Balaban J connectivity index is -0.000000262. The van der Waals surface area contributed by atoms with E-state index in [1.54, 1.807) is 0 Å². The molecule has 12 saturated carbocycles. The van der Waals surface area contributed by atoms with Gasteiger partial charge in [0.25, 0.3) is 0 Å². The van der Waals surface area contributed by atoms with Crippen molar-refractivity contribution < 1.29 is 61.9 Å². The van der Waals surface area contributed by atoms with Crippen molar-refractivity contribution in [2.24, 2.45) is 96.6 Å².